The second-order valence-corrected chi connectivity index (χ2v) is 6.02. The van der Waals surface area contributed by atoms with Crippen molar-refractivity contribution < 1.29 is 9.59 Å². The molecule has 2 aliphatic heterocycles. The van der Waals surface area contributed by atoms with Crippen LogP contribution >= 0.6 is 0 Å². The van der Waals surface area contributed by atoms with Gasteiger partial charge in [-0.2, -0.15) is 0 Å². The highest BCUT2D eigenvalue weighted by Gasteiger charge is 2.24. The summed E-state index contributed by atoms with van der Waals surface area (Å²) < 4.78 is 0. The van der Waals surface area contributed by atoms with Crippen LogP contribution in [0.4, 0.5) is 0 Å². The van der Waals surface area contributed by atoms with Crippen molar-refractivity contribution in [2.24, 2.45) is 0 Å². The zero-order valence-electron chi connectivity index (χ0n) is 13.1. The van der Waals surface area contributed by atoms with Crippen molar-refractivity contribution in [3.05, 3.63) is 0 Å². The van der Waals surface area contributed by atoms with Gasteiger partial charge in [-0.25, -0.2) is 0 Å². The number of nitrogens with zero attached hydrogens (tertiary/aromatic N) is 2. The number of rotatable bonds is 5. The third kappa shape index (κ3) is 5.28. The van der Waals surface area contributed by atoms with Crippen LogP contribution in [0.5, 0.6) is 0 Å². The van der Waals surface area contributed by atoms with E-state index >= 15 is 0 Å². The van der Waals surface area contributed by atoms with E-state index in [-0.39, 0.29) is 17.9 Å². The summed E-state index contributed by atoms with van der Waals surface area (Å²) in [7, 11) is 0. The minimum Gasteiger partial charge on any atom is -0.354 e. The van der Waals surface area contributed by atoms with Gasteiger partial charge in [0, 0.05) is 32.7 Å². The molecule has 0 saturated carbocycles. The molecule has 2 fully saturated rings. The number of piperazine rings is 1. The lowest BCUT2D eigenvalue weighted by atomic mass is 10.1. The Labute approximate surface area is 127 Å². The van der Waals surface area contributed by atoms with E-state index in [1.165, 1.54) is 6.42 Å². The molecule has 2 saturated heterocycles. The molecular weight excluding hydrogens is 268 g/mol. The fourth-order valence-electron chi connectivity index (χ4n) is 3.01. The van der Waals surface area contributed by atoms with Crippen LogP contribution in [0.1, 0.15) is 32.6 Å². The smallest absolute Gasteiger partial charge is 0.242 e. The Morgan fingerprint density at radius 1 is 1.24 bits per heavy atom. The van der Waals surface area contributed by atoms with Gasteiger partial charge >= 0.3 is 0 Å². The average molecular weight is 296 g/mol. The van der Waals surface area contributed by atoms with Gasteiger partial charge in [0.1, 0.15) is 6.04 Å². The topological polar surface area (TPSA) is 64.7 Å². The van der Waals surface area contributed by atoms with E-state index < -0.39 is 0 Å². The van der Waals surface area contributed by atoms with Gasteiger partial charge in [-0.15, -0.1) is 0 Å². The molecule has 0 unspecified atom stereocenters. The molecule has 6 heteroatoms. The van der Waals surface area contributed by atoms with Crippen LogP contribution in [0.25, 0.3) is 0 Å². The van der Waals surface area contributed by atoms with Gasteiger partial charge in [-0.1, -0.05) is 6.92 Å². The Kier molecular flexibility index (Phi) is 6.45. The molecular formula is C15H28N4O2. The molecule has 2 heterocycles. The number of hydrogen-bond acceptors (Lipinski definition) is 4. The largest absolute Gasteiger partial charge is 0.354 e. The zero-order valence-corrected chi connectivity index (χ0v) is 13.1. The highest BCUT2D eigenvalue weighted by Crippen LogP contribution is 2.06. The lowest BCUT2D eigenvalue weighted by Gasteiger charge is -2.34. The van der Waals surface area contributed by atoms with Gasteiger partial charge < -0.3 is 15.5 Å². The number of carbonyl (C=O) groups is 2. The molecule has 0 aliphatic carbocycles. The van der Waals surface area contributed by atoms with Gasteiger partial charge in [0.05, 0.1) is 6.54 Å². The average Bonchev–Trinajstić information content (AvgIpc) is 2.67. The summed E-state index contributed by atoms with van der Waals surface area (Å²) in [4.78, 5) is 28.5. The summed E-state index contributed by atoms with van der Waals surface area (Å²) in [5, 5.41) is 5.74. The van der Waals surface area contributed by atoms with E-state index in [0.29, 0.717) is 6.54 Å². The molecule has 0 radical (unpaired) electrons. The Morgan fingerprint density at radius 3 is 2.67 bits per heavy atom. The summed E-state index contributed by atoms with van der Waals surface area (Å²) >= 11 is 0. The number of hydrogen-bond donors (Lipinski definition) is 2. The number of nitrogens with one attached hydrogen (secondary N) is 2. The van der Waals surface area contributed by atoms with Gasteiger partial charge in [0.2, 0.25) is 11.8 Å². The SMILES string of the molecule is CCCN1CCN(CC(=O)N[C@@H]2CCCCNC2=O)CC1. The molecule has 0 aromatic heterocycles. The predicted octanol–water partition coefficient (Wildman–Crippen LogP) is -0.201. The lowest BCUT2D eigenvalue weighted by molar-refractivity contribution is -0.129. The third-order valence-electron chi connectivity index (χ3n) is 4.24. The Morgan fingerprint density at radius 2 is 1.95 bits per heavy atom. The normalized spacial score (nSPS) is 25.2. The van der Waals surface area contributed by atoms with E-state index in [0.717, 1.165) is 58.5 Å². The minimum atomic E-state index is -0.346. The van der Waals surface area contributed by atoms with Crippen LogP contribution in [-0.4, -0.2) is 73.5 Å². The maximum Gasteiger partial charge on any atom is 0.242 e. The summed E-state index contributed by atoms with van der Waals surface area (Å²) in [6.45, 7) is 8.40. The number of amides is 2. The zero-order chi connectivity index (χ0) is 15.1. The van der Waals surface area contributed by atoms with Crippen molar-refractivity contribution in [1.82, 2.24) is 20.4 Å². The van der Waals surface area contributed by atoms with Crippen molar-refractivity contribution in [3.63, 3.8) is 0 Å². The van der Waals surface area contributed by atoms with Gasteiger partial charge in [0.15, 0.2) is 0 Å². The molecule has 2 rings (SSSR count). The van der Waals surface area contributed by atoms with Crippen LogP contribution in [-0.2, 0) is 9.59 Å². The molecule has 21 heavy (non-hydrogen) atoms. The number of carbonyl (C=O) groups excluding carboxylic acids is 2. The predicted molar refractivity (Wildman–Crippen MR) is 82.0 cm³/mol. The summed E-state index contributed by atoms with van der Waals surface area (Å²) in [5.74, 6) is -0.0605. The fraction of sp³-hybridized carbons (Fsp3) is 0.867. The van der Waals surface area contributed by atoms with Gasteiger partial charge in [-0.3, -0.25) is 14.5 Å². The molecule has 2 amide bonds. The van der Waals surface area contributed by atoms with E-state index in [1.807, 2.05) is 0 Å². The molecule has 0 aromatic rings. The van der Waals surface area contributed by atoms with Crippen LogP contribution < -0.4 is 10.6 Å². The first-order valence-corrected chi connectivity index (χ1v) is 8.21. The third-order valence-corrected chi connectivity index (χ3v) is 4.24. The van der Waals surface area contributed by atoms with Crippen molar-refractivity contribution in [2.75, 3.05) is 45.8 Å². The van der Waals surface area contributed by atoms with Gasteiger partial charge in [0.25, 0.3) is 0 Å². The minimum absolute atomic E-state index is 0.0269. The van der Waals surface area contributed by atoms with Gasteiger partial charge in [-0.05, 0) is 32.2 Å². The molecule has 2 N–H and O–H groups in total. The van der Waals surface area contributed by atoms with E-state index in [1.54, 1.807) is 0 Å². The monoisotopic (exact) mass is 296 g/mol. The second-order valence-electron chi connectivity index (χ2n) is 6.02. The molecule has 1 atom stereocenters. The quantitative estimate of drug-likeness (QED) is 0.737. The summed E-state index contributed by atoms with van der Waals surface area (Å²) in [5.41, 5.74) is 0. The first-order chi connectivity index (χ1) is 10.2. The Balaban J connectivity index is 1.71. The summed E-state index contributed by atoms with van der Waals surface area (Å²) in [6.07, 6.45) is 3.91. The maximum atomic E-state index is 12.1. The van der Waals surface area contributed by atoms with Crippen LogP contribution in [0, 0.1) is 0 Å². The van der Waals surface area contributed by atoms with E-state index in [2.05, 4.69) is 27.4 Å². The van der Waals surface area contributed by atoms with Crippen LogP contribution in [0.3, 0.4) is 0 Å². The maximum absolute atomic E-state index is 12.1. The molecule has 0 spiro atoms. The molecule has 6 nitrogen and oxygen atoms in total. The van der Waals surface area contributed by atoms with Crippen LogP contribution in [0.15, 0.2) is 0 Å². The highest BCUT2D eigenvalue weighted by molar-refractivity contribution is 5.88. The Bertz CT molecular complexity index is 354. The van der Waals surface area contributed by atoms with Crippen molar-refractivity contribution in [3.8, 4) is 0 Å². The molecule has 2 aliphatic rings. The van der Waals surface area contributed by atoms with Crippen molar-refractivity contribution >= 4 is 11.8 Å². The summed E-state index contributed by atoms with van der Waals surface area (Å²) in [6, 6.07) is -0.346. The fourth-order valence-corrected chi connectivity index (χ4v) is 3.01. The van der Waals surface area contributed by atoms with Crippen LogP contribution in [0.2, 0.25) is 0 Å². The first kappa shape index (κ1) is 16.2. The van der Waals surface area contributed by atoms with E-state index in [9.17, 15) is 9.59 Å². The van der Waals surface area contributed by atoms with Crippen molar-refractivity contribution in [1.29, 1.82) is 0 Å². The second kappa shape index (κ2) is 8.34. The molecule has 120 valence electrons. The van der Waals surface area contributed by atoms with E-state index in [4.69, 9.17) is 0 Å². The Hall–Kier alpha value is -1.14. The standard InChI is InChI=1S/C15H28N4O2/c1-2-7-18-8-10-19(11-9-18)12-14(20)17-13-5-3-4-6-16-15(13)21/h13H,2-12H2,1H3,(H,16,21)(H,17,20)/t13-/m1/s1. The lowest BCUT2D eigenvalue weighted by Crippen LogP contribution is -2.52. The highest BCUT2D eigenvalue weighted by atomic mass is 16.2. The molecule has 0 aromatic carbocycles. The van der Waals surface area contributed by atoms with Crippen molar-refractivity contribution in [2.45, 2.75) is 38.6 Å². The molecule has 0 bridgehead atoms. The first-order valence-electron chi connectivity index (χ1n) is 8.21.